The van der Waals surface area contributed by atoms with Crippen LogP contribution in [0.5, 0.6) is 0 Å². The van der Waals surface area contributed by atoms with Crippen LogP contribution in [0, 0.1) is 5.41 Å². The van der Waals surface area contributed by atoms with E-state index in [0.717, 1.165) is 19.1 Å². The van der Waals surface area contributed by atoms with Crippen molar-refractivity contribution < 1.29 is 14.3 Å². The van der Waals surface area contributed by atoms with Gasteiger partial charge in [-0.3, -0.25) is 4.79 Å². The largest absolute Gasteiger partial charge is 0.457 e. The molecule has 1 aliphatic rings. The normalized spacial score (nSPS) is 32.6. The molecule has 0 aromatic carbocycles. The van der Waals surface area contributed by atoms with Crippen molar-refractivity contribution in [2.45, 2.75) is 32.8 Å². The Morgan fingerprint density at radius 2 is 2.38 bits per heavy atom. The first-order valence-corrected chi connectivity index (χ1v) is 4.39. The molecule has 13 heavy (non-hydrogen) atoms. The molecule has 0 fully saturated rings. The summed E-state index contributed by atoms with van der Waals surface area (Å²) in [4.78, 5) is 21.6. The Morgan fingerprint density at radius 1 is 1.69 bits per heavy atom. The average Bonchev–Trinajstić information content (AvgIpc) is 2.09. The van der Waals surface area contributed by atoms with E-state index in [1.807, 2.05) is 13.0 Å². The van der Waals surface area contributed by atoms with Crippen LogP contribution < -0.4 is 0 Å². The van der Waals surface area contributed by atoms with Crippen molar-refractivity contribution in [3.8, 4) is 0 Å². The van der Waals surface area contributed by atoms with Crippen LogP contribution in [0.2, 0.25) is 0 Å². The van der Waals surface area contributed by atoms with E-state index in [2.05, 4.69) is 0 Å². The predicted molar refractivity (Wildman–Crippen MR) is 48.1 cm³/mol. The minimum atomic E-state index is -0.541. The van der Waals surface area contributed by atoms with Gasteiger partial charge in [-0.25, -0.2) is 0 Å². The number of esters is 1. The summed E-state index contributed by atoms with van der Waals surface area (Å²) in [6.45, 7) is 3.17. The molecule has 0 amide bonds. The van der Waals surface area contributed by atoms with Crippen LogP contribution in [0.15, 0.2) is 12.2 Å². The summed E-state index contributed by atoms with van der Waals surface area (Å²) in [5.41, 5.74) is -0.541. The van der Waals surface area contributed by atoms with E-state index in [9.17, 15) is 9.59 Å². The minimum Gasteiger partial charge on any atom is -0.457 e. The molecule has 0 unspecified atom stereocenters. The molecule has 0 aromatic rings. The molecule has 3 heteroatoms. The van der Waals surface area contributed by atoms with Gasteiger partial charge in [0.25, 0.3) is 0 Å². The van der Waals surface area contributed by atoms with Crippen LogP contribution in [0.25, 0.3) is 0 Å². The Hall–Kier alpha value is -1.12. The molecule has 0 N–H and O–H groups in total. The number of hydrogen-bond acceptors (Lipinski definition) is 3. The van der Waals surface area contributed by atoms with Gasteiger partial charge >= 0.3 is 5.97 Å². The molecule has 0 saturated carbocycles. The SMILES string of the molecule is CC(=O)O[C@H]1C=CCC[C@]1(C)C=O. The summed E-state index contributed by atoms with van der Waals surface area (Å²) in [7, 11) is 0. The Kier molecular flexibility index (Phi) is 2.86. The molecular formula is C10H14O3. The molecule has 2 atom stereocenters. The average molecular weight is 182 g/mol. The van der Waals surface area contributed by atoms with Crippen molar-refractivity contribution in [3.05, 3.63) is 12.2 Å². The number of rotatable bonds is 2. The van der Waals surface area contributed by atoms with E-state index in [-0.39, 0.29) is 5.97 Å². The number of ether oxygens (including phenoxy) is 1. The topological polar surface area (TPSA) is 43.4 Å². The Bertz CT molecular complexity index is 245. The van der Waals surface area contributed by atoms with Gasteiger partial charge in [-0.05, 0) is 25.8 Å². The van der Waals surface area contributed by atoms with Crippen molar-refractivity contribution in [2.75, 3.05) is 0 Å². The van der Waals surface area contributed by atoms with Crippen molar-refractivity contribution >= 4 is 12.3 Å². The van der Waals surface area contributed by atoms with E-state index in [0.29, 0.717) is 0 Å². The fraction of sp³-hybridized carbons (Fsp3) is 0.600. The van der Waals surface area contributed by atoms with Crippen LogP contribution >= 0.6 is 0 Å². The maximum absolute atomic E-state index is 10.8. The third-order valence-corrected chi connectivity index (χ3v) is 2.37. The fourth-order valence-corrected chi connectivity index (χ4v) is 1.45. The predicted octanol–water partition coefficient (Wildman–Crippen LogP) is 1.47. The number of aldehydes is 1. The van der Waals surface area contributed by atoms with Crippen LogP contribution in [0.3, 0.4) is 0 Å². The first-order chi connectivity index (χ1) is 6.08. The lowest BCUT2D eigenvalue weighted by Gasteiger charge is -2.32. The lowest BCUT2D eigenvalue weighted by molar-refractivity contribution is -0.151. The van der Waals surface area contributed by atoms with Crippen molar-refractivity contribution in [2.24, 2.45) is 5.41 Å². The second-order valence-corrected chi connectivity index (χ2v) is 3.62. The number of allylic oxidation sites excluding steroid dienone is 1. The Balaban J connectivity index is 2.77. The highest BCUT2D eigenvalue weighted by molar-refractivity contribution is 5.68. The molecule has 72 valence electrons. The zero-order chi connectivity index (χ0) is 9.90. The van der Waals surface area contributed by atoms with Gasteiger partial charge < -0.3 is 9.53 Å². The van der Waals surface area contributed by atoms with Crippen molar-refractivity contribution in [3.63, 3.8) is 0 Å². The Labute approximate surface area is 77.8 Å². The van der Waals surface area contributed by atoms with Crippen LogP contribution in [-0.4, -0.2) is 18.4 Å². The quantitative estimate of drug-likeness (QED) is 0.369. The molecule has 0 aromatic heterocycles. The lowest BCUT2D eigenvalue weighted by Crippen LogP contribution is -2.37. The van der Waals surface area contributed by atoms with Gasteiger partial charge in [0.15, 0.2) is 0 Å². The number of hydrogen-bond donors (Lipinski definition) is 0. The highest BCUT2D eigenvalue weighted by Crippen LogP contribution is 2.32. The third-order valence-electron chi connectivity index (χ3n) is 2.37. The molecule has 0 heterocycles. The number of carbonyl (C=O) groups excluding carboxylic acids is 2. The maximum atomic E-state index is 10.8. The smallest absolute Gasteiger partial charge is 0.303 e. The molecule has 0 aliphatic heterocycles. The second-order valence-electron chi connectivity index (χ2n) is 3.62. The van der Waals surface area contributed by atoms with Gasteiger partial charge in [0.05, 0.1) is 5.41 Å². The lowest BCUT2D eigenvalue weighted by atomic mass is 9.78. The summed E-state index contributed by atoms with van der Waals surface area (Å²) in [5, 5.41) is 0. The summed E-state index contributed by atoms with van der Waals surface area (Å²) in [5.74, 6) is -0.343. The monoisotopic (exact) mass is 182 g/mol. The highest BCUT2D eigenvalue weighted by Gasteiger charge is 2.36. The molecule has 0 spiro atoms. The second kappa shape index (κ2) is 3.73. The van der Waals surface area contributed by atoms with Gasteiger partial charge in [-0.2, -0.15) is 0 Å². The highest BCUT2D eigenvalue weighted by atomic mass is 16.5. The van der Waals surface area contributed by atoms with Crippen LogP contribution in [0.1, 0.15) is 26.7 Å². The van der Waals surface area contributed by atoms with Gasteiger partial charge in [0, 0.05) is 6.92 Å². The first-order valence-electron chi connectivity index (χ1n) is 4.39. The van der Waals surface area contributed by atoms with Crippen molar-refractivity contribution in [1.29, 1.82) is 0 Å². The summed E-state index contributed by atoms with van der Waals surface area (Å²) < 4.78 is 5.04. The zero-order valence-corrected chi connectivity index (χ0v) is 7.95. The van der Waals surface area contributed by atoms with E-state index in [1.54, 1.807) is 6.08 Å². The van der Waals surface area contributed by atoms with E-state index >= 15 is 0 Å². The summed E-state index contributed by atoms with van der Waals surface area (Å²) in [6, 6.07) is 0. The zero-order valence-electron chi connectivity index (χ0n) is 7.95. The minimum absolute atomic E-state index is 0.343. The molecule has 0 bridgehead atoms. The summed E-state index contributed by atoms with van der Waals surface area (Å²) in [6.07, 6.45) is 5.83. The standard InChI is InChI=1S/C10H14O3/c1-8(12)13-9-5-3-4-6-10(9,2)7-11/h3,5,7,9H,4,6H2,1-2H3/t9-,10+/m0/s1. The molecule has 0 radical (unpaired) electrons. The van der Waals surface area contributed by atoms with Crippen LogP contribution in [0.4, 0.5) is 0 Å². The van der Waals surface area contributed by atoms with E-state index in [4.69, 9.17) is 4.74 Å². The molecule has 3 nitrogen and oxygen atoms in total. The van der Waals surface area contributed by atoms with E-state index in [1.165, 1.54) is 6.92 Å². The number of carbonyl (C=O) groups is 2. The molecule has 1 aliphatic carbocycles. The van der Waals surface area contributed by atoms with Gasteiger partial charge in [-0.1, -0.05) is 6.08 Å². The van der Waals surface area contributed by atoms with Gasteiger partial charge in [-0.15, -0.1) is 0 Å². The fourth-order valence-electron chi connectivity index (χ4n) is 1.45. The summed E-state index contributed by atoms with van der Waals surface area (Å²) >= 11 is 0. The third kappa shape index (κ3) is 2.17. The van der Waals surface area contributed by atoms with E-state index < -0.39 is 11.5 Å². The van der Waals surface area contributed by atoms with Crippen molar-refractivity contribution in [1.82, 2.24) is 0 Å². The molecular weight excluding hydrogens is 168 g/mol. The Morgan fingerprint density at radius 3 is 2.92 bits per heavy atom. The first kappa shape index (κ1) is 9.96. The molecule has 0 saturated heterocycles. The van der Waals surface area contributed by atoms with Gasteiger partial charge in [0.1, 0.15) is 12.4 Å². The van der Waals surface area contributed by atoms with Crippen LogP contribution in [-0.2, 0) is 14.3 Å². The van der Waals surface area contributed by atoms with Gasteiger partial charge in [0.2, 0.25) is 0 Å². The maximum Gasteiger partial charge on any atom is 0.303 e. The molecule has 1 rings (SSSR count).